The van der Waals surface area contributed by atoms with E-state index < -0.39 is 0 Å². The van der Waals surface area contributed by atoms with E-state index >= 15 is 0 Å². The maximum absolute atomic E-state index is 9.18. The molecule has 0 aromatic carbocycles. The van der Waals surface area contributed by atoms with E-state index in [-0.39, 0.29) is 12.0 Å². The fourth-order valence-electron chi connectivity index (χ4n) is 1.40. The molecule has 1 aromatic heterocycles. The maximum atomic E-state index is 9.18. The minimum atomic E-state index is -0.0426. The monoisotopic (exact) mass is 241 g/mol. The van der Waals surface area contributed by atoms with Gasteiger partial charge in [-0.3, -0.25) is 0 Å². The number of thiophene rings is 1. The van der Waals surface area contributed by atoms with Crippen LogP contribution >= 0.6 is 11.3 Å². The van der Waals surface area contributed by atoms with Crippen molar-refractivity contribution in [3.63, 3.8) is 0 Å². The number of aliphatic hydroxyl groups excluding tert-OH is 1. The summed E-state index contributed by atoms with van der Waals surface area (Å²) in [5, 5.41) is 12.7. The Kier molecular flexibility index (Phi) is 4.96. The second-order valence-electron chi connectivity index (χ2n) is 5.08. The molecule has 92 valence electrons. The van der Waals surface area contributed by atoms with Gasteiger partial charge in [0.05, 0.1) is 0 Å². The first-order valence-electron chi connectivity index (χ1n) is 5.91. The van der Waals surface area contributed by atoms with Gasteiger partial charge in [-0.25, -0.2) is 0 Å². The van der Waals surface area contributed by atoms with E-state index in [4.69, 9.17) is 0 Å². The summed E-state index contributed by atoms with van der Waals surface area (Å²) >= 11 is 1.87. The van der Waals surface area contributed by atoms with Crippen LogP contribution in [0.4, 0.5) is 0 Å². The minimum Gasteiger partial charge on any atom is -0.396 e. The highest BCUT2D eigenvalue weighted by Crippen LogP contribution is 2.24. The Hall–Kier alpha value is -0.380. The summed E-state index contributed by atoms with van der Waals surface area (Å²) < 4.78 is 0. The molecule has 0 saturated heterocycles. The summed E-state index contributed by atoms with van der Waals surface area (Å²) in [6.45, 7) is 9.56. The SMILES string of the molecule is CCc1ccc(C(C)NCC(C)(C)CO)s1. The standard InChI is InChI=1S/C13H23NOS/c1-5-11-6-7-12(16-11)10(2)14-8-13(3,4)9-15/h6-7,10,14-15H,5,8-9H2,1-4H3. The van der Waals surface area contributed by atoms with E-state index in [1.807, 2.05) is 11.3 Å². The van der Waals surface area contributed by atoms with E-state index in [1.165, 1.54) is 9.75 Å². The van der Waals surface area contributed by atoms with Gasteiger partial charge in [0.2, 0.25) is 0 Å². The molecule has 16 heavy (non-hydrogen) atoms. The van der Waals surface area contributed by atoms with Gasteiger partial charge in [0, 0.05) is 34.4 Å². The zero-order valence-corrected chi connectivity index (χ0v) is 11.5. The molecule has 0 fully saturated rings. The van der Waals surface area contributed by atoms with Crippen molar-refractivity contribution in [2.45, 2.75) is 40.2 Å². The van der Waals surface area contributed by atoms with Crippen LogP contribution in [-0.4, -0.2) is 18.3 Å². The highest BCUT2D eigenvalue weighted by molar-refractivity contribution is 7.12. The number of hydrogen-bond acceptors (Lipinski definition) is 3. The summed E-state index contributed by atoms with van der Waals surface area (Å²) in [7, 11) is 0. The Balaban J connectivity index is 2.49. The molecule has 3 heteroatoms. The van der Waals surface area contributed by atoms with Gasteiger partial charge in [-0.2, -0.15) is 0 Å². The van der Waals surface area contributed by atoms with E-state index in [1.54, 1.807) is 0 Å². The van der Waals surface area contributed by atoms with Crippen LogP contribution in [0.15, 0.2) is 12.1 Å². The summed E-state index contributed by atoms with van der Waals surface area (Å²) in [5.74, 6) is 0. The lowest BCUT2D eigenvalue weighted by molar-refractivity contribution is 0.154. The smallest absolute Gasteiger partial charge is 0.0494 e. The molecule has 0 saturated carbocycles. The second-order valence-corrected chi connectivity index (χ2v) is 6.28. The van der Waals surface area contributed by atoms with Crippen LogP contribution in [0, 0.1) is 5.41 Å². The summed E-state index contributed by atoms with van der Waals surface area (Å²) in [6, 6.07) is 4.78. The average molecular weight is 241 g/mol. The number of nitrogens with one attached hydrogen (secondary N) is 1. The molecule has 2 N–H and O–H groups in total. The van der Waals surface area contributed by atoms with Crippen LogP contribution < -0.4 is 5.32 Å². The summed E-state index contributed by atoms with van der Waals surface area (Å²) in [6.07, 6.45) is 1.11. The Bertz CT molecular complexity index is 319. The van der Waals surface area contributed by atoms with Gasteiger partial charge in [-0.1, -0.05) is 20.8 Å². The quantitative estimate of drug-likeness (QED) is 0.802. The van der Waals surface area contributed by atoms with Crippen LogP contribution in [0.2, 0.25) is 0 Å². The number of rotatable bonds is 6. The van der Waals surface area contributed by atoms with Gasteiger partial charge in [0.15, 0.2) is 0 Å². The van der Waals surface area contributed by atoms with Crippen LogP contribution in [0.25, 0.3) is 0 Å². The fourth-order valence-corrected chi connectivity index (χ4v) is 2.38. The Labute approximate surface area is 103 Å². The molecule has 1 atom stereocenters. The molecule has 1 unspecified atom stereocenters. The lowest BCUT2D eigenvalue weighted by atomic mass is 9.94. The molecule has 0 aliphatic heterocycles. The van der Waals surface area contributed by atoms with Crippen molar-refractivity contribution in [3.8, 4) is 0 Å². The predicted molar refractivity (Wildman–Crippen MR) is 71.0 cm³/mol. The Morgan fingerprint density at radius 3 is 2.62 bits per heavy atom. The molecule has 0 aliphatic rings. The average Bonchev–Trinajstić information content (AvgIpc) is 2.74. The molecule has 1 aromatic rings. The first-order chi connectivity index (χ1) is 7.48. The first-order valence-corrected chi connectivity index (χ1v) is 6.73. The van der Waals surface area contributed by atoms with Crippen molar-refractivity contribution >= 4 is 11.3 Å². The first kappa shape index (κ1) is 13.7. The molecule has 2 nitrogen and oxygen atoms in total. The molecule has 1 heterocycles. The van der Waals surface area contributed by atoms with Crippen molar-refractivity contribution < 1.29 is 5.11 Å². The van der Waals surface area contributed by atoms with Crippen molar-refractivity contribution in [3.05, 3.63) is 21.9 Å². The van der Waals surface area contributed by atoms with Crippen molar-refractivity contribution in [1.29, 1.82) is 0 Å². The minimum absolute atomic E-state index is 0.0426. The zero-order chi connectivity index (χ0) is 12.2. The maximum Gasteiger partial charge on any atom is 0.0494 e. The van der Waals surface area contributed by atoms with E-state index in [2.05, 4.69) is 45.1 Å². The van der Waals surface area contributed by atoms with Crippen molar-refractivity contribution in [2.75, 3.05) is 13.2 Å². The highest BCUT2D eigenvalue weighted by Gasteiger charge is 2.18. The molecular formula is C13H23NOS. The molecule has 0 spiro atoms. The lowest BCUT2D eigenvalue weighted by Gasteiger charge is -2.24. The van der Waals surface area contributed by atoms with Gasteiger partial charge < -0.3 is 10.4 Å². The van der Waals surface area contributed by atoms with Crippen LogP contribution in [-0.2, 0) is 6.42 Å². The van der Waals surface area contributed by atoms with Gasteiger partial charge in [-0.05, 0) is 25.5 Å². The molecule has 1 rings (SSSR count). The second kappa shape index (κ2) is 5.80. The summed E-state index contributed by atoms with van der Waals surface area (Å²) in [5.41, 5.74) is -0.0426. The summed E-state index contributed by atoms with van der Waals surface area (Å²) in [4.78, 5) is 2.82. The van der Waals surface area contributed by atoms with Crippen LogP contribution in [0.1, 0.15) is 43.5 Å². The van der Waals surface area contributed by atoms with E-state index in [0.717, 1.165) is 13.0 Å². The van der Waals surface area contributed by atoms with Crippen molar-refractivity contribution in [1.82, 2.24) is 5.32 Å². The normalized spacial score (nSPS) is 14.1. The van der Waals surface area contributed by atoms with Gasteiger partial charge >= 0.3 is 0 Å². The highest BCUT2D eigenvalue weighted by atomic mass is 32.1. The third kappa shape index (κ3) is 3.89. The van der Waals surface area contributed by atoms with Crippen LogP contribution in [0.5, 0.6) is 0 Å². The van der Waals surface area contributed by atoms with Crippen LogP contribution in [0.3, 0.4) is 0 Å². The number of hydrogen-bond donors (Lipinski definition) is 2. The Morgan fingerprint density at radius 1 is 1.44 bits per heavy atom. The third-order valence-corrected chi connectivity index (χ3v) is 4.18. The molecule has 0 amide bonds. The fraction of sp³-hybridized carbons (Fsp3) is 0.692. The largest absolute Gasteiger partial charge is 0.396 e. The topological polar surface area (TPSA) is 32.3 Å². The molecular weight excluding hydrogens is 218 g/mol. The predicted octanol–water partition coefficient (Wildman–Crippen LogP) is 2.98. The third-order valence-electron chi connectivity index (χ3n) is 2.77. The zero-order valence-electron chi connectivity index (χ0n) is 10.7. The molecule has 0 radical (unpaired) electrons. The van der Waals surface area contributed by atoms with E-state index in [0.29, 0.717) is 6.04 Å². The Morgan fingerprint density at radius 2 is 2.12 bits per heavy atom. The van der Waals surface area contributed by atoms with Gasteiger partial charge in [0.1, 0.15) is 0 Å². The molecule has 0 bridgehead atoms. The number of aryl methyl sites for hydroxylation is 1. The lowest BCUT2D eigenvalue weighted by Crippen LogP contribution is -2.33. The van der Waals surface area contributed by atoms with E-state index in [9.17, 15) is 5.11 Å². The van der Waals surface area contributed by atoms with Gasteiger partial charge in [-0.15, -0.1) is 11.3 Å². The molecule has 0 aliphatic carbocycles. The number of aliphatic hydroxyl groups is 1. The van der Waals surface area contributed by atoms with Gasteiger partial charge in [0.25, 0.3) is 0 Å². The van der Waals surface area contributed by atoms with Crippen molar-refractivity contribution in [2.24, 2.45) is 5.41 Å².